The van der Waals surface area contributed by atoms with E-state index in [0.717, 1.165) is 32.4 Å². The minimum atomic E-state index is 0.00549. The number of rotatable bonds is 7. The van der Waals surface area contributed by atoms with Gasteiger partial charge in [0, 0.05) is 26.1 Å². The van der Waals surface area contributed by atoms with Gasteiger partial charge in [-0.1, -0.05) is 30.3 Å². The molecule has 138 valence electrons. The maximum Gasteiger partial charge on any atom is 0.223 e. The lowest BCUT2D eigenvalue weighted by atomic mass is 10.0. The van der Waals surface area contributed by atoms with Gasteiger partial charge in [0.25, 0.3) is 0 Å². The summed E-state index contributed by atoms with van der Waals surface area (Å²) in [7, 11) is 4.08. The van der Waals surface area contributed by atoms with Crippen LogP contribution >= 0.6 is 0 Å². The number of benzene rings is 1. The number of amides is 1. The van der Waals surface area contributed by atoms with Crippen LogP contribution in [0.2, 0.25) is 0 Å². The minimum Gasteiger partial charge on any atom is -0.373 e. The van der Waals surface area contributed by atoms with E-state index in [1.807, 2.05) is 37.2 Å². The molecule has 1 aromatic rings. The molecule has 0 radical (unpaired) electrons. The van der Waals surface area contributed by atoms with Crippen LogP contribution in [0, 0.1) is 0 Å². The Morgan fingerprint density at radius 3 is 2.88 bits per heavy atom. The van der Waals surface area contributed by atoms with Crippen LogP contribution in [0.25, 0.3) is 0 Å². The molecule has 1 aromatic carbocycles. The maximum absolute atomic E-state index is 12.8. The fraction of sp³-hybridized carbons (Fsp3) is 0.650. The molecule has 5 heteroatoms. The number of carbonyl (C=O) groups excluding carboxylic acids is 1. The van der Waals surface area contributed by atoms with Crippen molar-refractivity contribution in [2.75, 3.05) is 40.4 Å². The van der Waals surface area contributed by atoms with Crippen molar-refractivity contribution in [1.82, 2.24) is 9.80 Å². The van der Waals surface area contributed by atoms with Crippen LogP contribution in [0.3, 0.4) is 0 Å². The highest BCUT2D eigenvalue weighted by atomic mass is 16.5. The number of hydrogen-bond donors (Lipinski definition) is 0. The van der Waals surface area contributed by atoms with Crippen LogP contribution in [0.5, 0.6) is 0 Å². The van der Waals surface area contributed by atoms with Crippen molar-refractivity contribution >= 4 is 5.91 Å². The lowest BCUT2D eigenvalue weighted by molar-refractivity contribution is -0.134. The van der Waals surface area contributed by atoms with E-state index in [0.29, 0.717) is 19.6 Å². The molecule has 2 heterocycles. The van der Waals surface area contributed by atoms with Crippen LogP contribution < -0.4 is 0 Å². The predicted molar refractivity (Wildman–Crippen MR) is 97.5 cm³/mol. The maximum atomic E-state index is 12.8. The third kappa shape index (κ3) is 4.81. The van der Waals surface area contributed by atoms with Gasteiger partial charge in [0.2, 0.25) is 5.91 Å². The first-order valence-electron chi connectivity index (χ1n) is 9.36. The summed E-state index contributed by atoms with van der Waals surface area (Å²) in [5.74, 6) is 0.225. The van der Waals surface area contributed by atoms with E-state index in [2.05, 4.69) is 17.0 Å². The molecule has 0 saturated carbocycles. The van der Waals surface area contributed by atoms with Crippen molar-refractivity contribution in [3.8, 4) is 0 Å². The van der Waals surface area contributed by atoms with Gasteiger partial charge in [-0.05, 0) is 38.9 Å². The lowest BCUT2D eigenvalue weighted by Gasteiger charge is -2.32. The van der Waals surface area contributed by atoms with E-state index in [4.69, 9.17) is 9.47 Å². The van der Waals surface area contributed by atoms with Gasteiger partial charge in [-0.25, -0.2) is 0 Å². The van der Waals surface area contributed by atoms with Crippen LogP contribution in [-0.2, 0) is 20.7 Å². The van der Waals surface area contributed by atoms with Gasteiger partial charge in [0.05, 0.1) is 12.6 Å². The monoisotopic (exact) mass is 346 g/mol. The number of likely N-dealkylation sites (N-methyl/N-ethyl adjacent to an activating group) is 1. The molecule has 0 N–H and O–H groups in total. The Balaban J connectivity index is 1.57. The summed E-state index contributed by atoms with van der Waals surface area (Å²) in [5.41, 5.74) is 1.21. The molecular formula is C20H30N2O3. The zero-order valence-corrected chi connectivity index (χ0v) is 15.4. The van der Waals surface area contributed by atoms with Crippen LogP contribution in [0.4, 0.5) is 0 Å². The van der Waals surface area contributed by atoms with Gasteiger partial charge >= 0.3 is 0 Å². The summed E-state index contributed by atoms with van der Waals surface area (Å²) in [6.45, 7) is 3.00. The number of hydrogen-bond acceptors (Lipinski definition) is 4. The molecule has 25 heavy (non-hydrogen) atoms. The van der Waals surface area contributed by atoms with E-state index in [1.165, 1.54) is 5.56 Å². The Hall–Kier alpha value is -1.43. The van der Waals surface area contributed by atoms with E-state index in [-0.39, 0.29) is 24.2 Å². The molecular weight excluding hydrogens is 316 g/mol. The van der Waals surface area contributed by atoms with Crippen LogP contribution in [0.15, 0.2) is 30.3 Å². The highest BCUT2D eigenvalue weighted by Gasteiger charge is 2.46. The molecule has 0 unspecified atom stereocenters. The average Bonchev–Trinajstić information content (AvgIpc) is 2.99. The van der Waals surface area contributed by atoms with Crippen molar-refractivity contribution in [2.45, 2.75) is 43.9 Å². The quantitative estimate of drug-likeness (QED) is 0.757. The second-order valence-corrected chi connectivity index (χ2v) is 7.29. The zero-order valence-electron chi connectivity index (χ0n) is 15.4. The topological polar surface area (TPSA) is 42.0 Å². The molecule has 0 aromatic heterocycles. The molecule has 2 saturated heterocycles. The summed E-state index contributed by atoms with van der Waals surface area (Å²) < 4.78 is 12.0. The Labute approximate surface area is 150 Å². The van der Waals surface area contributed by atoms with Crippen molar-refractivity contribution in [3.63, 3.8) is 0 Å². The van der Waals surface area contributed by atoms with E-state index in [9.17, 15) is 4.79 Å². The largest absolute Gasteiger partial charge is 0.373 e. The minimum absolute atomic E-state index is 0.00549. The normalized spacial score (nSPS) is 26.0. The SMILES string of the molecule is CN(C)CCO[C@@H]1CN(C(=O)CCc2ccccc2)[C@@H]2CCCO[C@@H]21. The van der Waals surface area contributed by atoms with Crippen LogP contribution in [-0.4, -0.2) is 74.4 Å². The van der Waals surface area contributed by atoms with Crippen molar-refractivity contribution in [2.24, 2.45) is 0 Å². The summed E-state index contributed by atoms with van der Waals surface area (Å²) in [4.78, 5) is 16.9. The van der Waals surface area contributed by atoms with Gasteiger partial charge in [-0.15, -0.1) is 0 Å². The van der Waals surface area contributed by atoms with Crippen LogP contribution in [0.1, 0.15) is 24.8 Å². The molecule has 3 rings (SSSR count). The smallest absolute Gasteiger partial charge is 0.223 e. The molecule has 0 aliphatic carbocycles. The number of fused-ring (bicyclic) bond motifs is 1. The average molecular weight is 346 g/mol. The fourth-order valence-electron chi connectivity index (χ4n) is 3.77. The molecule has 2 aliphatic rings. The fourth-order valence-corrected chi connectivity index (χ4v) is 3.77. The predicted octanol–water partition coefficient (Wildman–Crippen LogP) is 1.96. The highest BCUT2D eigenvalue weighted by Crippen LogP contribution is 2.31. The van der Waals surface area contributed by atoms with Crippen molar-refractivity contribution in [1.29, 1.82) is 0 Å². The highest BCUT2D eigenvalue weighted by molar-refractivity contribution is 5.77. The second-order valence-electron chi connectivity index (χ2n) is 7.29. The third-order valence-corrected chi connectivity index (χ3v) is 5.14. The van der Waals surface area contributed by atoms with Gasteiger partial charge in [0.1, 0.15) is 12.2 Å². The number of carbonyl (C=O) groups is 1. The Morgan fingerprint density at radius 2 is 2.12 bits per heavy atom. The van der Waals surface area contributed by atoms with Gasteiger partial charge < -0.3 is 19.3 Å². The first kappa shape index (κ1) is 18.4. The molecule has 2 fully saturated rings. The lowest BCUT2D eigenvalue weighted by Crippen LogP contribution is -2.44. The molecule has 5 nitrogen and oxygen atoms in total. The number of aryl methyl sites for hydroxylation is 1. The van der Waals surface area contributed by atoms with Crippen molar-refractivity contribution in [3.05, 3.63) is 35.9 Å². The molecule has 0 bridgehead atoms. The number of ether oxygens (including phenoxy) is 2. The Kier molecular flexibility index (Phi) is 6.45. The van der Waals surface area contributed by atoms with Gasteiger partial charge in [-0.2, -0.15) is 0 Å². The van der Waals surface area contributed by atoms with Gasteiger partial charge in [0.15, 0.2) is 0 Å². The van der Waals surface area contributed by atoms with Crippen molar-refractivity contribution < 1.29 is 14.3 Å². The Bertz CT molecular complexity index is 549. The first-order valence-corrected chi connectivity index (χ1v) is 9.36. The molecule has 1 amide bonds. The number of nitrogens with zero attached hydrogens (tertiary/aromatic N) is 2. The zero-order chi connectivity index (χ0) is 17.6. The summed E-state index contributed by atoms with van der Waals surface area (Å²) in [5, 5.41) is 0. The second kappa shape index (κ2) is 8.79. The standard InChI is InChI=1S/C20H30N2O3/c1-21(2)12-14-24-18-15-22(17-9-6-13-25-20(17)18)19(23)11-10-16-7-4-3-5-8-16/h3-5,7-8,17-18,20H,6,9-15H2,1-2H3/t17-,18-,20+/m1/s1. The van der Waals surface area contributed by atoms with E-state index >= 15 is 0 Å². The summed E-state index contributed by atoms with van der Waals surface area (Å²) in [6.07, 6.45) is 3.43. The number of likely N-dealkylation sites (tertiary alicyclic amines) is 1. The molecule has 2 aliphatic heterocycles. The van der Waals surface area contributed by atoms with E-state index in [1.54, 1.807) is 0 Å². The van der Waals surface area contributed by atoms with E-state index < -0.39 is 0 Å². The first-order chi connectivity index (χ1) is 12.1. The van der Waals surface area contributed by atoms with Gasteiger partial charge in [-0.3, -0.25) is 4.79 Å². The Morgan fingerprint density at radius 1 is 1.32 bits per heavy atom. The molecule has 0 spiro atoms. The third-order valence-electron chi connectivity index (χ3n) is 5.14. The molecule has 3 atom stereocenters. The summed E-state index contributed by atoms with van der Waals surface area (Å²) in [6, 6.07) is 10.4. The summed E-state index contributed by atoms with van der Waals surface area (Å²) >= 11 is 0.